The molecule has 0 bridgehead atoms. The van der Waals surface area contributed by atoms with Crippen LogP contribution in [0.1, 0.15) is 61.1 Å². The number of rotatable bonds is 1. The Balaban J connectivity index is 1.81. The highest BCUT2D eigenvalue weighted by Crippen LogP contribution is 2.56. The molecule has 0 aromatic heterocycles. The summed E-state index contributed by atoms with van der Waals surface area (Å²) in [5.41, 5.74) is 12.4. The predicted molar refractivity (Wildman–Crippen MR) is 116 cm³/mol. The third-order valence-corrected chi connectivity index (χ3v) is 6.86. The normalized spacial score (nSPS) is 16.5. The average Bonchev–Trinajstić information content (AvgIpc) is 3.06. The van der Waals surface area contributed by atoms with E-state index in [-0.39, 0.29) is 10.8 Å². The van der Waals surface area contributed by atoms with Gasteiger partial charge in [0, 0.05) is 10.8 Å². The van der Waals surface area contributed by atoms with Gasteiger partial charge in [-0.25, -0.2) is 0 Å². The molecule has 0 atom stereocenters. The fourth-order valence-electron chi connectivity index (χ4n) is 5.18. The molecule has 0 radical (unpaired) electrons. The molecule has 5 rings (SSSR count). The molecule has 0 fully saturated rings. The second-order valence-electron chi connectivity index (χ2n) is 9.07. The molecule has 0 saturated heterocycles. The smallest absolute Gasteiger partial charge is 0.0991 e. The molecule has 2 aliphatic carbocycles. The second kappa shape index (κ2) is 5.24. The SMILES string of the molecule is C=Cc1ccc2c(c1)C(C)(C)c1cc3c(cc1-2)C(C)(C)c1cc(C#N)ccc1-3. The van der Waals surface area contributed by atoms with E-state index in [0.29, 0.717) is 0 Å². The van der Waals surface area contributed by atoms with Gasteiger partial charge in [0.15, 0.2) is 0 Å². The quantitative estimate of drug-likeness (QED) is 0.467. The maximum Gasteiger partial charge on any atom is 0.0991 e. The van der Waals surface area contributed by atoms with Crippen molar-refractivity contribution in [1.29, 1.82) is 5.26 Å². The highest BCUT2D eigenvalue weighted by Gasteiger charge is 2.41. The summed E-state index contributed by atoms with van der Waals surface area (Å²) < 4.78 is 0. The molecule has 0 heterocycles. The summed E-state index contributed by atoms with van der Waals surface area (Å²) in [4.78, 5) is 0. The molecule has 2 aliphatic rings. The van der Waals surface area contributed by atoms with Crippen LogP contribution in [-0.4, -0.2) is 0 Å². The molecule has 0 saturated carbocycles. The molecule has 3 aromatic carbocycles. The van der Waals surface area contributed by atoms with Gasteiger partial charge in [-0.05, 0) is 74.3 Å². The van der Waals surface area contributed by atoms with Crippen LogP contribution in [0.4, 0.5) is 0 Å². The average molecular weight is 361 g/mol. The van der Waals surface area contributed by atoms with E-state index in [0.717, 1.165) is 5.56 Å². The molecule has 1 heteroatoms. The van der Waals surface area contributed by atoms with Gasteiger partial charge < -0.3 is 0 Å². The van der Waals surface area contributed by atoms with Gasteiger partial charge in [0.05, 0.1) is 11.6 Å². The number of fused-ring (bicyclic) bond motifs is 6. The third-order valence-electron chi connectivity index (χ3n) is 6.86. The van der Waals surface area contributed by atoms with Crippen LogP contribution in [0.3, 0.4) is 0 Å². The number of nitrogens with zero attached hydrogens (tertiary/aromatic N) is 1. The van der Waals surface area contributed by atoms with E-state index in [1.807, 2.05) is 12.1 Å². The third kappa shape index (κ3) is 1.96. The predicted octanol–water partition coefficient (Wildman–Crippen LogP) is 6.81. The Kier molecular flexibility index (Phi) is 3.18. The monoisotopic (exact) mass is 361 g/mol. The summed E-state index contributed by atoms with van der Waals surface area (Å²) in [6, 6.07) is 19.9. The first-order valence-corrected chi connectivity index (χ1v) is 9.80. The van der Waals surface area contributed by atoms with Crippen LogP contribution in [0.15, 0.2) is 55.1 Å². The standard InChI is InChI=1S/C27H23N/c1-6-16-7-9-18-20-13-25-21(14-24(20)26(2,3)22(18)11-16)19-10-8-17(15-28)12-23(19)27(25,4)5/h6-14H,1H2,2-5H3. The van der Waals surface area contributed by atoms with Crippen molar-refractivity contribution in [3.05, 3.63) is 88.5 Å². The largest absolute Gasteiger partial charge is 0.192 e. The zero-order valence-electron chi connectivity index (χ0n) is 16.9. The topological polar surface area (TPSA) is 23.8 Å². The van der Waals surface area contributed by atoms with Gasteiger partial charge >= 0.3 is 0 Å². The van der Waals surface area contributed by atoms with Crippen LogP contribution in [0.25, 0.3) is 28.3 Å². The Hall–Kier alpha value is -3.11. The van der Waals surface area contributed by atoms with Crippen molar-refractivity contribution in [1.82, 2.24) is 0 Å². The fourth-order valence-corrected chi connectivity index (χ4v) is 5.18. The molecule has 0 spiro atoms. The van der Waals surface area contributed by atoms with E-state index in [1.165, 1.54) is 50.1 Å². The van der Waals surface area contributed by atoms with Crippen molar-refractivity contribution in [3.63, 3.8) is 0 Å². The number of benzene rings is 3. The van der Waals surface area contributed by atoms with Crippen molar-refractivity contribution < 1.29 is 0 Å². The van der Waals surface area contributed by atoms with Gasteiger partial charge in [-0.3, -0.25) is 0 Å². The maximum atomic E-state index is 9.36. The van der Waals surface area contributed by atoms with Crippen molar-refractivity contribution in [2.75, 3.05) is 0 Å². The maximum absolute atomic E-state index is 9.36. The van der Waals surface area contributed by atoms with Crippen molar-refractivity contribution >= 4 is 6.08 Å². The first-order valence-electron chi connectivity index (χ1n) is 9.80. The lowest BCUT2D eigenvalue weighted by atomic mass is 9.79. The first kappa shape index (κ1) is 17.0. The number of hydrogen-bond donors (Lipinski definition) is 0. The molecule has 136 valence electrons. The van der Waals surface area contributed by atoms with Gasteiger partial charge in [0.2, 0.25) is 0 Å². The Morgan fingerprint density at radius 3 is 1.75 bits per heavy atom. The van der Waals surface area contributed by atoms with Gasteiger partial charge in [-0.1, -0.05) is 64.6 Å². The van der Waals surface area contributed by atoms with Crippen LogP contribution < -0.4 is 0 Å². The summed E-state index contributed by atoms with van der Waals surface area (Å²) in [5, 5.41) is 9.36. The molecule has 28 heavy (non-hydrogen) atoms. The summed E-state index contributed by atoms with van der Waals surface area (Å²) in [6.45, 7) is 13.1. The number of nitriles is 1. The van der Waals surface area contributed by atoms with Crippen molar-refractivity contribution in [3.8, 4) is 28.3 Å². The summed E-state index contributed by atoms with van der Waals surface area (Å²) in [7, 11) is 0. The summed E-state index contributed by atoms with van der Waals surface area (Å²) in [6.07, 6.45) is 1.92. The molecular formula is C27H23N. The van der Waals surface area contributed by atoms with Crippen LogP contribution in [0.2, 0.25) is 0 Å². The summed E-state index contributed by atoms with van der Waals surface area (Å²) in [5.74, 6) is 0. The van der Waals surface area contributed by atoms with Gasteiger partial charge in [0.1, 0.15) is 0 Å². The van der Waals surface area contributed by atoms with Gasteiger partial charge in [0.25, 0.3) is 0 Å². The van der Waals surface area contributed by atoms with Crippen LogP contribution in [0.5, 0.6) is 0 Å². The zero-order chi connectivity index (χ0) is 19.8. The molecular weight excluding hydrogens is 338 g/mol. The molecule has 1 nitrogen and oxygen atoms in total. The Morgan fingerprint density at radius 2 is 1.21 bits per heavy atom. The molecule has 0 aliphatic heterocycles. The lowest BCUT2D eigenvalue weighted by Crippen LogP contribution is -2.17. The Bertz CT molecular complexity index is 1230. The van der Waals surface area contributed by atoms with Crippen molar-refractivity contribution in [2.45, 2.75) is 38.5 Å². The second-order valence-corrected chi connectivity index (χ2v) is 9.07. The molecule has 0 amide bonds. The highest BCUT2D eigenvalue weighted by atomic mass is 14.4. The molecule has 0 unspecified atom stereocenters. The minimum absolute atomic E-state index is 0.0434. The molecule has 0 N–H and O–H groups in total. The first-order chi connectivity index (χ1) is 13.3. The van der Waals surface area contributed by atoms with Crippen LogP contribution in [0, 0.1) is 11.3 Å². The lowest BCUT2D eigenvalue weighted by Gasteiger charge is -2.24. The van der Waals surface area contributed by atoms with E-state index in [1.54, 1.807) is 0 Å². The minimum atomic E-state index is -0.111. The minimum Gasteiger partial charge on any atom is -0.192 e. The van der Waals surface area contributed by atoms with E-state index in [9.17, 15) is 5.26 Å². The zero-order valence-corrected chi connectivity index (χ0v) is 16.9. The van der Waals surface area contributed by atoms with E-state index in [2.05, 4.69) is 82.8 Å². The van der Waals surface area contributed by atoms with Crippen LogP contribution >= 0.6 is 0 Å². The van der Waals surface area contributed by atoms with Crippen molar-refractivity contribution in [2.24, 2.45) is 0 Å². The highest BCUT2D eigenvalue weighted by molar-refractivity contribution is 5.90. The Morgan fingerprint density at radius 1 is 0.714 bits per heavy atom. The number of hydrogen-bond acceptors (Lipinski definition) is 1. The lowest BCUT2D eigenvalue weighted by molar-refractivity contribution is 0.652. The van der Waals surface area contributed by atoms with Gasteiger partial charge in [-0.15, -0.1) is 0 Å². The molecule has 3 aromatic rings. The van der Waals surface area contributed by atoms with Gasteiger partial charge in [-0.2, -0.15) is 5.26 Å². The van der Waals surface area contributed by atoms with E-state index < -0.39 is 0 Å². The van der Waals surface area contributed by atoms with E-state index in [4.69, 9.17) is 0 Å². The van der Waals surface area contributed by atoms with E-state index >= 15 is 0 Å². The van der Waals surface area contributed by atoms with Crippen LogP contribution in [-0.2, 0) is 10.8 Å². The fraction of sp³-hybridized carbons (Fsp3) is 0.222. The summed E-state index contributed by atoms with van der Waals surface area (Å²) >= 11 is 0. The Labute approximate surface area is 167 Å².